The van der Waals surface area contributed by atoms with Crippen LogP contribution in [0.2, 0.25) is 0 Å². The van der Waals surface area contributed by atoms with Crippen LogP contribution in [0.3, 0.4) is 0 Å². The number of Topliss-reactive ketones (excluding diaryl/α,β-unsaturated/α-hetero) is 1. The number of nitrogens with one attached hydrogen (secondary N) is 2. The number of nitrogen functional groups attached to an aromatic ring is 1. The summed E-state index contributed by atoms with van der Waals surface area (Å²) in [4.78, 5) is 28.2. The second kappa shape index (κ2) is 8.25. The number of amides is 1. The Labute approximate surface area is 174 Å². The summed E-state index contributed by atoms with van der Waals surface area (Å²) in [6.07, 6.45) is 1.01. The van der Waals surface area contributed by atoms with Crippen LogP contribution in [0, 0.1) is 6.92 Å². The van der Waals surface area contributed by atoms with Crippen molar-refractivity contribution in [3.05, 3.63) is 95.2 Å². The quantitative estimate of drug-likeness (QED) is 0.311. The third kappa shape index (κ3) is 4.25. The van der Waals surface area contributed by atoms with E-state index in [1.165, 1.54) is 5.56 Å². The summed E-state index contributed by atoms with van der Waals surface area (Å²) in [5.41, 5.74) is 11.3. The van der Waals surface area contributed by atoms with E-state index >= 15 is 0 Å². The summed E-state index contributed by atoms with van der Waals surface area (Å²) >= 11 is 0. The molecule has 3 aromatic carbocycles. The maximum Gasteiger partial charge on any atom is 0.255 e. The van der Waals surface area contributed by atoms with Gasteiger partial charge in [0.05, 0.1) is 17.1 Å². The molecular formula is C25H23N3O2. The van der Waals surface area contributed by atoms with Crippen molar-refractivity contribution < 1.29 is 9.59 Å². The Morgan fingerprint density at radius 2 is 1.73 bits per heavy atom. The number of H-pyrrole nitrogens is 1. The maximum atomic E-state index is 12.6. The fourth-order valence-corrected chi connectivity index (χ4v) is 3.42. The minimum Gasteiger partial charge on any atom is -0.397 e. The first-order valence-electron chi connectivity index (χ1n) is 9.87. The van der Waals surface area contributed by atoms with E-state index in [0.717, 1.165) is 16.5 Å². The minimum absolute atomic E-state index is 0.0743. The minimum atomic E-state index is -0.219. The molecule has 1 heterocycles. The van der Waals surface area contributed by atoms with Crippen LogP contribution in [0.5, 0.6) is 0 Å². The normalized spacial score (nSPS) is 10.8. The van der Waals surface area contributed by atoms with Gasteiger partial charge in [0.2, 0.25) is 0 Å². The second-order valence-corrected chi connectivity index (χ2v) is 7.44. The van der Waals surface area contributed by atoms with Crippen molar-refractivity contribution in [3.63, 3.8) is 0 Å². The summed E-state index contributed by atoms with van der Waals surface area (Å²) in [5, 5.41) is 3.86. The van der Waals surface area contributed by atoms with Crippen LogP contribution < -0.4 is 11.1 Å². The van der Waals surface area contributed by atoms with Crippen LogP contribution in [-0.2, 0) is 6.42 Å². The topological polar surface area (TPSA) is 88.0 Å². The summed E-state index contributed by atoms with van der Waals surface area (Å²) in [6, 6.07) is 22.4. The molecule has 30 heavy (non-hydrogen) atoms. The molecule has 4 aromatic rings. The molecule has 0 fully saturated rings. The second-order valence-electron chi connectivity index (χ2n) is 7.44. The number of benzene rings is 3. The molecule has 0 aliphatic rings. The van der Waals surface area contributed by atoms with Gasteiger partial charge in [0.15, 0.2) is 5.78 Å². The van der Waals surface area contributed by atoms with Gasteiger partial charge in [-0.25, -0.2) is 0 Å². The molecule has 1 amide bonds. The molecule has 0 spiro atoms. The van der Waals surface area contributed by atoms with E-state index in [1.54, 1.807) is 24.3 Å². The maximum absolute atomic E-state index is 12.6. The van der Waals surface area contributed by atoms with E-state index in [0.29, 0.717) is 35.5 Å². The fourth-order valence-electron chi connectivity index (χ4n) is 3.42. The van der Waals surface area contributed by atoms with Gasteiger partial charge in [-0.15, -0.1) is 0 Å². The number of nitrogens with two attached hydrogens (primary N) is 1. The van der Waals surface area contributed by atoms with Crippen LogP contribution in [0.25, 0.3) is 10.9 Å². The Bertz CT molecular complexity index is 1220. The van der Waals surface area contributed by atoms with Crippen LogP contribution in [0.4, 0.5) is 11.4 Å². The number of carbonyl (C=O) groups excluding carboxylic acids is 2. The number of aromatic nitrogens is 1. The third-order valence-corrected chi connectivity index (χ3v) is 5.14. The van der Waals surface area contributed by atoms with Gasteiger partial charge < -0.3 is 16.0 Å². The number of aromatic amines is 1. The highest BCUT2D eigenvalue weighted by Gasteiger charge is 2.11. The Morgan fingerprint density at radius 1 is 0.967 bits per heavy atom. The number of hydrogen-bond donors (Lipinski definition) is 3. The Hall–Kier alpha value is -3.86. The number of carbonyl (C=O) groups is 2. The summed E-state index contributed by atoms with van der Waals surface area (Å²) in [5.74, 6) is -0.144. The van der Waals surface area contributed by atoms with Crippen molar-refractivity contribution in [1.82, 2.24) is 4.98 Å². The first-order chi connectivity index (χ1) is 14.5. The predicted octanol–water partition coefficient (Wildman–Crippen LogP) is 5.13. The van der Waals surface area contributed by atoms with Gasteiger partial charge >= 0.3 is 0 Å². The lowest BCUT2D eigenvalue weighted by atomic mass is 10.0. The van der Waals surface area contributed by atoms with E-state index < -0.39 is 0 Å². The SMILES string of the molecule is Cc1ccc2[nH]c(C(=O)CCc3ccc(C(=O)Nc4ccccc4N)cc3)cc2c1. The summed E-state index contributed by atoms with van der Waals surface area (Å²) in [7, 11) is 0. The van der Waals surface area contributed by atoms with Gasteiger partial charge in [0.1, 0.15) is 0 Å². The smallest absolute Gasteiger partial charge is 0.255 e. The largest absolute Gasteiger partial charge is 0.397 e. The molecule has 0 saturated carbocycles. The number of hydrogen-bond acceptors (Lipinski definition) is 3. The van der Waals surface area contributed by atoms with Crippen molar-refractivity contribution >= 4 is 34.0 Å². The highest BCUT2D eigenvalue weighted by atomic mass is 16.1. The van der Waals surface area contributed by atoms with Crippen LogP contribution in [-0.4, -0.2) is 16.7 Å². The number of anilines is 2. The number of para-hydroxylation sites is 2. The molecule has 4 N–H and O–H groups in total. The molecule has 150 valence electrons. The Morgan fingerprint density at radius 3 is 2.50 bits per heavy atom. The molecule has 0 aliphatic heterocycles. The first-order valence-corrected chi connectivity index (χ1v) is 9.87. The van der Waals surface area contributed by atoms with Gasteiger partial charge in [-0.05, 0) is 61.4 Å². The van der Waals surface area contributed by atoms with Crippen molar-refractivity contribution in [1.29, 1.82) is 0 Å². The van der Waals surface area contributed by atoms with Crippen molar-refractivity contribution in [2.45, 2.75) is 19.8 Å². The summed E-state index contributed by atoms with van der Waals surface area (Å²) < 4.78 is 0. The van der Waals surface area contributed by atoms with Crippen LogP contribution in [0.1, 0.15) is 38.4 Å². The predicted molar refractivity (Wildman–Crippen MR) is 121 cm³/mol. The Balaban J connectivity index is 1.37. The zero-order valence-corrected chi connectivity index (χ0v) is 16.7. The van der Waals surface area contributed by atoms with E-state index in [-0.39, 0.29) is 11.7 Å². The lowest BCUT2D eigenvalue weighted by Crippen LogP contribution is -2.13. The van der Waals surface area contributed by atoms with E-state index in [9.17, 15) is 9.59 Å². The van der Waals surface area contributed by atoms with Gasteiger partial charge in [0.25, 0.3) is 5.91 Å². The van der Waals surface area contributed by atoms with Crippen LogP contribution in [0.15, 0.2) is 72.8 Å². The lowest BCUT2D eigenvalue weighted by molar-refractivity contribution is 0.0977. The molecule has 0 bridgehead atoms. The molecule has 0 unspecified atom stereocenters. The van der Waals surface area contributed by atoms with Gasteiger partial charge in [0, 0.05) is 22.9 Å². The summed E-state index contributed by atoms with van der Waals surface area (Å²) in [6.45, 7) is 2.03. The number of fused-ring (bicyclic) bond motifs is 1. The monoisotopic (exact) mass is 397 g/mol. The highest BCUT2D eigenvalue weighted by Crippen LogP contribution is 2.20. The lowest BCUT2D eigenvalue weighted by Gasteiger charge is -2.08. The van der Waals surface area contributed by atoms with E-state index in [1.807, 2.05) is 49.4 Å². The van der Waals surface area contributed by atoms with Crippen molar-refractivity contribution in [3.8, 4) is 0 Å². The molecule has 5 nitrogen and oxygen atoms in total. The highest BCUT2D eigenvalue weighted by molar-refractivity contribution is 6.05. The zero-order valence-electron chi connectivity index (χ0n) is 16.7. The molecule has 0 radical (unpaired) electrons. The van der Waals surface area contributed by atoms with Crippen molar-refractivity contribution in [2.24, 2.45) is 0 Å². The molecule has 0 saturated heterocycles. The molecule has 0 aliphatic carbocycles. The molecule has 1 aromatic heterocycles. The van der Waals surface area contributed by atoms with Gasteiger partial charge in [-0.1, -0.05) is 35.9 Å². The zero-order chi connectivity index (χ0) is 21.1. The van der Waals surface area contributed by atoms with E-state index in [4.69, 9.17) is 5.73 Å². The standard InChI is InChI=1S/C25H23N3O2/c1-16-6-12-21-19(14-16)15-23(27-21)24(29)13-9-17-7-10-18(11-8-17)25(30)28-22-5-3-2-4-20(22)26/h2-8,10-12,14-15,27H,9,13,26H2,1H3,(H,28,30). The number of aryl methyl sites for hydroxylation is 2. The average molecular weight is 397 g/mol. The van der Waals surface area contributed by atoms with Gasteiger partial charge in [-0.3, -0.25) is 9.59 Å². The van der Waals surface area contributed by atoms with E-state index in [2.05, 4.69) is 16.4 Å². The number of rotatable bonds is 6. The number of ketones is 1. The Kier molecular flexibility index (Phi) is 5.35. The first kappa shape index (κ1) is 19.5. The molecule has 5 heteroatoms. The van der Waals surface area contributed by atoms with Crippen LogP contribution >= 0.6 is 0 Å². The fraction of sp³-hybridized carbons (Fsp3) is 0.120. The average Bonchev–Trinajstić information content (AvgIpc) is 3.17. The molecular weight excluding hydrogens is 374 g/mol. The van der Waals surface area contributed by atoms with Gasteiger partial charge in [-0.2, -0.15) is 0 Å². The molecule has 0 atom stereocenters. The van der Waals surface area contributed by atoms with Crippen molar-refractivity contribution in [2.75, 3.05) is 11.1 Å². The molecule has 4 rings (SSSR count). The third-order valence-electron chi connectivity index (χ3n) is 5.14.